The van der Waals surface area contributed by atoms with E-state index in [1.54, 1.807) is 18.5 Å². The van der Waals surface area contributed by atoms with Crippen LogP contribution in [0.1, 0.15) is 21.7 Å². The van der Waals surface area contributed by atoms with Gasteiger partial charge in [-0.25, -0.2) is 0 Å². The van der Waals surface area contributed by atoms with Gasteiger partial charge in [-0.15, -0.1) is 0 Å². The smallest absolute Gasteiger partial charge is 0.253 e. The fraction of sp³-hybridized carbons (Fsp3) is 0.167. The molecular formula is C12H11ClN4O. The summed E-state index contributed by atoms with van der Waals surface area (Å²) >= 11 is 5.87. The lowest BCUT2D eigenvalue weighted by atomic mass is 10.2. The molecule has 2 rings (SSSR count). The molecule has 0 saturated heterocycles. The molecule has 1 amide bonds. The molecule has 1 N–H and O–H groups in total. The van der Waals surface area contributed by atoms with Crippen LogP contribution in [-0.2, 0) is 6.54 Å². The first-order valence-electron chi connectivity index (χ1n) is 5.32. The molecule has 6 heteroatoms. The van der Waals surface area contributed by atoms with Crippen molar-refractivity contribution in [2.75, 3.05) is 0 Å². The van der Waals surface area contributed by atoms with E-state index in [0.29, 0.717) is 22.8 Å². The fourth-order valence-electron chi connectivity index (χ4n) is 1.34. The summed E-state index contributed by atoms with van der Waals surface area (Å²) in [6, 6.07) is 1.57. The summed E-state index contributed by atoms with van der Waals surface area (Å²) < 4.78 is 0. The molecule has 0 fully saturated rings. The molecule has 5 nitrogen and oxygen atoms in total. The Labute approximate surface area is 109 Å². The zero-order chi connectivity index (χ0) is 13.0. The molecule has 18 heavy (non-hydrogen) atoms. The molecular weight excluding hydrogens is 252 g/mol. The lowest BCUT2D eigenvalue weighted by molar-refractivity contribution is 0.0950. The van der Waals surface area contributed by atoms with Crippen LogP contribution in [0.4, 0.5) is 0 Å². The maximum absolute atomic E-state index is 11.8. The van der Waals surface area contributed by atoms with Crippen LogP contribution in [0, 0.1) is 6.92 Å². The van der Waals surface area contributed by atoms with Gasteiger partial charge in [-0.2, -0.15) is 0 Å². The van der Waals surface area contributed by atoms with Crippen molar-refractivity contribution in [3.05, 3.63) is 52.8 Å². The van der Waals surface area contributed by atoms with E-state index in [-0.39, 0.29) is 5.91 Å². The predicted octanol–water partition coefficient (Wildman–Crippen LogP) is 1.76. The third-order valence-corrected chi connectivity index (χ3v) is 2.58. The van der Waals surface area contributed by atoms with E-state index in [9.17, 15) is 4.79 Å². The van der Waals surface area contributed by atoms with Crippen LogP contribution in [0.25, 0.3) is 0 Å². The average Bonchev–Trinajstić information content (AvgIpc) is 2.38. The molecule has 2 heterocycles. The maximum atomic E-state index is 11.8. The molecule has 0 saturated carbocycles. The molecule has 2 aromatic rings. The van der Waals surface area contributed by atoms with E-state index in [0.717, 1.165) is 5.69 Å². The van der Waals surface area contributed by atoms with Gasteiger partial charge < -0.3 is 5.32 Å². The summed E-state index contributed by atoms with van der Waals surface area (Å²) in [6.45, 7) is 2.16. The number of nitrogens with zero attached hydrogens (tertiary/aromatic N) is 3. The van der Waals surface area contributed by atoms with Crippen molar-refractivity contribution in [1.29, 1.82) is 0 Å². The molecule has 0 radical (unpaired) electrons. The molecule has 0 unspecified atom stereocenters. The number of hydrogen-bond acceptors (Lipinski definition) is 4. The summed E-state index contributed by atoms with van der Waals surface area (Å²) in [5.74, 6) is -0.259. The Morgan fingerprint density at radius 3 is 2.83 bits per heavy atom. The number of rotatable bonds is 3. The highest BCUT2D eigenvalue weighted by Crippen LogP contribution is 2.12. The first-order chi connectivity index (χ1) is 8.66. The van der Waals surface area contributed by atoms with E-state index < -0.39 is 0 Å². The SMILES string of the molecule is Cc1cnc(CNC(=O)c2ccncc2Cl)cn1. The predicted molar refractivity (Wildman–Crippen MR) is 67.2 cm³/mol. The maximum Gasteiger partial charge on any atom is 0.253 e. The lowest BCUT2D eigenvalue weighted by Gasteiger charge is -2.05. The summed E-state index contributed by atoms with van der Waals surface area (Å²) in [5.41, 5.74) is 1.92. The van der Waals surface area contributed by atoms with E-state index in [4.69, 9.17) is 11.6 Å². The number of pyridine rings is 1. The van der Waals surface area contributed by atoms with Crippen molar-refractivity contribution in [3.8, 4) is 0 Å². The lowest BCUT2D eigenvalue weighted by Crippen LogP contribution is -2.23. The van der Waals surface area contributed by atoms with Gasteiger partial charge in [0.2, 0.25) is 0 Å². The Kier molecular flexibility index (Phi) is 3.84. The molecule has 0 atom stereocenters. The van der Waals surface area contributed by atoms with Gasteiger partial charge in [0.05, 0.1) is 34.7 Å². The summed E-state index contributed by atoms with van der Waals surface area (Å²) in [4.78, 5) is 23.9. The van der Waals surface area contributed by atoms with Gasteiger partial charge in [0.15, 0.2) is 0 Å². The second kappa shape index (κ2) is 5.55. The third-order valence-electron chi connectivity index (χ3n) is 2.28. The van der Waals surface area contributed by atoms with Crippen LogP contribution >= 0.6 is 11.6 Å². The number of carbonyl (C=O) groups is 1. The molecule has 0 aliphatic heterocycles. The van der Waals surface area contributed by atoms with Gasteiger partial charge in [0.1, 0.15) is 0 Å². The molecule has 0 bridgehead atoms. The molecule has 0 aromatic carbocycles. The summed E-state index contributed by atoms with van der Waals surface area (Å²) in [6.07, 6.45) is 6.24. The van der Waals surface area contributed by atoms with Gasteiger partial charge in [-0.3, -0.25) is 19.7 Å². The number of halogens is 1. The van der Waals surface area contributed by atoms with Crippen molar-refractivity contribution in [2.24, 2.45) is 0 Å². The Morgan fingerprint density at radius 2 is 2.17 bits per heavy atom. The van der Waals surface area contributed by atoms with Crippen molar-refractivity contribution < 1.29 is 4.79 Å². The Hall–Kier alpha value is -2.01. The van der Waals surface area contributed by atoms with Crippen molar-refractivity contribution in [2.45, 2.75) is 13.5 Å². The van der Waals surface area contributed by atoms with E-state index in [2.05, 4.69) is 20.3 Å². The van der Waals surface area contributed by atoms with E-state index in [1.807, 2.05) is 6.92 Å². The minimum Gasteiger partial charge on any atom is -0.346 e. The Bertz CT molecular complexity index is 556. The normalized spacial score (nSPS) is 10.1. The first kappa shape index (κ1) is 12.4. The van der Waals surface area contributed by atoms with Crippen LogP contribution in [-0.4, -0.2) is 20.9 Å². The second-order valence-electron chi connectivity index (χ2n) is 3.69. The number of nitrogens with one attached hydrogen (secondary N) is 1. The topological polar surface area (TPSA) is 67.8 Å². The summed E-state index contributed by atoms with van der Waals surface area (Å²) in [5, 5.41) is 3.05. The van der Waals surface area contributed by atoms with Crippen LogP contribution in [0.15, 0.2) is 30.9 Å². The molecule has 2 aromatic heterocycles. The van der Waals surface area contributed by atoms with Crippen molar-refractivity contribution in [1.82, 2.24) is 20.3 Å². The zero-order valence-corrected chi connectivity index (χ0v) is 10.5. The van der Waals surface area contributed by atoms with E-state index in [1.165, 1.54) is 12.4 Å². The number of aromatic nitrogens is 3. The van der Waals surface area contributed by atoms with Crippen molar-refractivity contribution >= 4 is 17.5 Å². The van der Waals surface area contributed by atoms with Crippen LogP contribution in [0.2, 0.25) is 5.02 Å². The Balaban J connectivity index is 2.01. The zero-order valence-electron chi connectivity index (χ0n) is 9.72. The Morgan fingerprint density at radius 1 is 1.33 bits per heavy atom. The number of hydrogen-bond donors (Lipinski definition) is 1. The second-order valence-corrected chi connectivity index (χ2v) is 4.09. The van der Waals surface area contributed by atoms with Crippen molar-refractivity contribution in [3.63, 3.8) is 0 Å². The summed E-state index contributed by atoms with van der Waals surface area (Å²) in [7, 11) is 0. The highest BCUT2D eigenvalue weighted by molar-refractivity contribution is 6.33. The minimum atomic E-state index is -0.259. The first-order valence-corrected chi connectivity index (χ1v) is 5.70. The average molecular weight is 263 g/mol. The van der Waals surface area contributed by atoms with Gasteiger partial charge in [0.25, 0.3) is 5.91 Å². The monoisotopic (exact) mass is 262 g/mol. The van der Waals surface area contributed by atoms with Gasteiger partial charge in [-0.1, -0.05) is 11.6 Å². The van der Waals surface area contributed by atoms with Gasteiger partial charge >= 0.3 is 0 Å². The highest BCUT2D eigenvalue weighted by atomic mass is 35.5. The standard InChI is InChI=1S/C12H11ClN4O/c1-8-4-16-9(5-15-8)6-17-12(18)10-2-3-14-7-11(10)13/h2-5,7H,6H2,1H3,(H,17,18). The van der Waals surface area contributed by atoms with Crippen LogP contribution in [0.3, 0.4) is 0 Å². The molecule has 0 spiro atoms. The molecule has 0 aliphatic carbocycles. The van der Waals surface area contributed by atoms with Gasteiger partial charge in [-0.05, 0) is 13.0 Å². The van der Waals surface area contributed by atoms with Crippen LogP contribution < -0.4 is 5.32 Å². The van der Waals surface area contributed by atoms with Crippen LogP contribution in [0.5, 0.6) is 0 Å². The third kappa shape index (κ3) is 3.01. The van der Waals surface area contributed by atoms with E-state index >= 15 is 0 Å². The fourth-order valence-corrected chi connectivity index (χ4v) is 1.54. The molecule has 92 valence electrons. The largest absolute Gasteiger partial charge is 0.346 e. The number of aryl methyl sites for hydroxylation is 1. The number of carbonyl (C=O) groups excluding carboxylic acids is 1. The highest BCUT2D eigenvalue weighted by Gasteiger charge is 2.09. The minimum absolute atomic E-state index is 0.259. The van der Waals surface area contributed by atoms with Gasteiger partial charge in [0, 0.05) is 18.6 Å². The quantitative estimate of drug-likeness (QED) is 0.915. The number of amides is 1. The molecule has 0 aliphatic rings.